The van der Waals surface area contributed by atoms with Gasteiger partial charge in [-0.1, -0.05) is 143 Å². The Morgan fingerprint density at radius 1 is 0.587 bits per heavy atom. The van der Waals surface area contributed by atoms with E-state index in [0.717, 1.165) is 61.3 Å². The second kappa shape index (κ2) is 18.2. The Hall–Kier alpha value is -6.24. The molecule has 63 heavy (non-hydrogen) atoms. The van der Waals surface area contributed by atoms with Crippen molar-refractivity contribution in [1.29, 1.82) is 0 Å². The molecule has 0 fully saturated rings. The summed E-state index contributed by atoms with van der Waals surface area (Å²) in [6.07, 6.45) is 1.84. The summed E-state index contributed by atoms with van der Waals surface area (Å²) in [5, 5.41) is 3.34. The molecular formula is C56H50IrN4OSi-2. The molecule has 7 heteroatoms. The van der Waals surface area contributed by atoms with E-state index in [-0.39, 0.29) is 31.9 Å². The van der Waals surface area contributed by atoms with Gasteiger partial charge in [-0.15, -0.1) is 54.1 Å². The third-order valence-electron chi connectivity index (χ3n) is 11.4. The summed E-state index contributed by atoms with van der Waals surface area (Å²) < 4.78 is 9.10. The van der Waals surface area contributed by atoms with Crippen LogP contribution in [0.25, 0.3) is 83.7 Å². The first kappa shape index (κ1) is 43.4. The maximum Gasteiger partial charge on any atom is 0.121 e. The van der Waals surface area contributed by atoms with Crippen LogP contribution in [0.4, 0.5) is 0 Å². The molecule has 0 bridgehead atoms. The quantitative estimate of drug-likeness (QED) is 0.112. The first-order valence-electron chi connectivity index (χ1n) is 21.5. The predicted octanol–water partition coefficient (Wildman–Crippen LogP) is 14.5. The van der Waals surface area contributed by atoms with Crippen LogP contribution in [0.2, 0.25) is 19.6 Å². The van der Waals surface area contributed by atoms with Crippen LogP contribution in [0.1, 0.15) is 50.7 Å². The Bertz CT molecular complexity index is 3140. The molecule has 7 aromatic carbocycles. The molecular weight excluding hydrogens is 965 g/mol. The third-order valence-corrected chi connectivity index (χ3v) is 13.3. The van der Waals surface area contributed by atoms with Crippen molar-refractivity contribution in [3.8, 4) is 50.7 Å². The van der Waals surface area contributed by atoms with Crippen LogP contribution in [-0.2, 0) is 20.1 Å². The van der Waals surface area contributed by atoms with Crippen molar-refractivity contribution >= 4 is 46.4 Å². The summed E-state index contributed by atoms with van der Waals surface area (Å²) in [5.74, 6) is 2.19. The number of aromatic nitrogens is 4. The van der Waals surface area contributed by atoms with Gasteiger partial charge in [-0.25, -0.2) is 0 Å². The molecule has 10 rings (SSSR count). The van der Waals surface area contributed by atoms with Crippen molar-refractivity contribution in [2.75, 3.05) is 0 Å². The number of fused-ring (bicyclic) bond motifs is 4. The fourth-order valence-electron chi connectivity index (χ4n) is 8.19. The van der Waals surface area contributed by atoms with E-state index in [4.69, 9.17) is 9.40 Å². The van der Waals surface area contributed by atoms with Gasteiger partial charge in [0.2, 0.25) is 0 Å². The third kappa shape index (κ3) is 8.74. The summed E-state index contributed by atoms with van der Waals surface area (Å²) >= 11 is 0. The number of hydrogen-bond acceptors (Lipinski definition) is 4. The van der Waals surface area contributed by atoms with Gasteiger partial charge in [-0.05, 0) is 81.6 Å². The fraction of sp³-hybridized carbons (Fsp3) is 0.161. The molecule has 0 saturated carbocycles. The number of hydrogen-bond donors (Lipinski definition) is 0. The van der Waals surface area contributed by atoms with Crippen LogP contribution in [0.15, 0.2) is 168 Å². The average molecular weight is 1020 g/mol. The number of benzene rings is 7. The molecule has 0 aliphatic heterocycles. The molecule has 0 amide bonds. The van der Waals surface area contributed by atoms with Crippen LogP contribution < -0.4 is 5.32 Å². The summed E-state index contributed by atoms with van der Waals surface area (Å²) in [5.41, 5.74) is 14.0. The Morgan fingerprint density at radius 2 is 1.24 bits per heavy atom. The Balaban J connectivity index is 0.000000271. The molecule has 0 aliphatic carbocycles. The molecule has 10 aromatic rings. The van der Waals surface area contributed by atoms with Crippen molar-refractivity contribution in [1.82, 2.24) is 19.5 Å². The van der Waals surface area contributed by atoms with Crippen LogP contribution in [0, 0.1) is 12.1 Å². The number of para-hydroxylation sites is 2. The van der Waals surface area contributed by atoms with E-state index in [1.54, 1.807) is 0 Å². The number of nitrogens with zero attached hydrogens (tertiary/aromatic N) is 4. The predicted molar refractivity (Wildman–Crippen MR) is 261 cm³/mol. The molecule has 0 atom stereocenters. The van der Waals surface area contributed by atoms with Gasteiger partial charge in [0.05, 0.1) is 28.3 Å². The van der Waals surface area contributed by atoms with E-state index in [0.29, 0.717) is 0 Å². The van der Waals surface area contributed by atoms with Crippen molar-refractivity contribution in [2.24, 2.45) is 0 Å². The minimum absolute atomic E-state index is 0. The molecule has 3 heterocycles. The standard InChI is InChI=1S/C43H35N2O.C13H15N2Si.Ir/c1-27(2)36-24-32(30-16-9-6-10-17-30)25-37(28(3)4)41(36)45-39-21-12-11-20-38(39)44-43(45)35-19-13-18-34-33-23-22-31(26-40(33)46-42(34)35)29-14-7-5-8-15-29;1-16(2,3)12-9-10-14-13(15-12)11-7-5-4-6-8-11;/h5-18,20-28H,1-4H3;4-7,9-10H,1-3H3;/q2*-1;. The molecule has 0 aliphatic rings. The Labute approximate surface area is 385 Å². The maximum absolute atomic E-state index is 6.73. The monoisotopic (exact) mass is 1020 g/mol. The number of furan rings is 1. The summed E-state index contributed by atoms with van der Waals surface area (Å²) in [6, 6.07) is 61.5. The Morgan fingerprint density at radius 3 is 1.89 bits per heavy atom. The average Bonchev–Trinajstić information content (AvgIpc) is 3.88. The van der Waals surface area contributed by atoms with E-state index >= 15 is 0 Å². The largest absolute Gasteiger partial charge is 0.501 e. The van der Waals surface area contributed by atoms with E-state index in [1.165, 1.54) is 38.8 Å². The van der Waals surface area contributed by atoms with Gasteiger partial charge in [0, 0.05) is 42.7 Å². The molecule has 3 aromatic heterocycles. The van der Waals surface area contributed by atoms with Crippen LogP contribution >= 0.6 is 0 Å². The van der Waals surface area contributed by atoms with Gasteiger partial charge < -0.3 is 8.98 Å². The second-order valence-corrected chi connectivity index (χ2v) is 22.5. The van der Waals surface area contributed by atoms with Gasteiger partial charge in [-0.2, -0.15) is 0 Å². The van der Waals surface area contributed by atoms with Crippen molar-refractivity contribution in [2.45, 2.75) is 59.2 Å². The zero-order valence-electron chi connectivity index (χ0n) is 36.8. The summed E-state index contributed by atoms with van der Waals surface area (Å²) in [4.78, 5) is 14.2. The molecule has 315 valence electrons. The topological polar surface area (TPSA) is 56.7 Å². The Kier molecular flexibility index (Phi) is 12.6. The van der Waals surface area contributed by atoms with E-state index in [1.807, 2.05) is 48.7 Å². The zero-order chi connectivity index (χ0) is 43.0. The zero-order valence-corrected chi connectivity index (χ0v) is 40.2. The molecule has 5 nitrogen and oxygen atoms in total. The maximum atomic E-state index is 6.73. The van der Waals surface area contributed by atoms with Crippen molar-refractivity contribution in [3.05, 3.63) is 187 Å². The van der Waals surface area contributed by atoms with E-state index < -0.39 is 8.07 Å². The molecule has 0 unspecified atom stereocenters. The van der Waals surface area contributed by atoms with E-state index in [9.17, 15) is 0 Å². The first-order valence-corrected chi connectivity index (χ1v) is 25.0. The van der Waals surface area contributed by atoms with Gasteiger partial charge >= 0.3 is 0 Å². The van der Waals surface area contributed by atoms with Crippen molar-refractivity contribution in [3.63, 3.8) is 0 Å². The SMILES string of the molecule is CC(C)c1cc(-c2ccccc2)cc(C(C)C)c1-n1c(-c2[c-]ccc3c2oc2cc(-c4ccccc4)ccc23)nc2ccccc21.C[Si](C)(C)c1ccnc(-c2[c-]cccc2)n1.[Ir]. The van der Waals surface area contributed by atoms with Gasteiger partial charge in [-0.3, -0.25) is 15.0 Å². The van der Waals surface area contributed by atoms with Crippen molar-refractivity contribution < 1.29 is 24.5 Å². The second-order valence-electron chi connectivity index (χ2n) is 17.5. The fourth-order valence-corrected chi connectivity index (χ4v) is 9.21. The first-order chi connectivity index (χ1) is 30.0. The molecule has 1 radical (unpaired) electrons. The minimum Gasteiger partial charge on any atom is -0.501 e. The van der Waals surface area contributed by atoms with E-state index in [2.05, 4.69) is 189 Å². The van der Waals surface area contributed by atoms with Gasteiger partial charge in [0.15, 0.2) is 0 Å². The molecule has 0 N–H and O–H groups in total. The van der Waals surface area contributed by atoms with Gasteiger partial charge in [0.25, 0.3) is 0 Å². The van der Waals surface area contributed by atoms with Gasteiger partial charge in [0.1, 0.15) is 13.7 Å². The molecule has 0 saturated heterocycles. The molecule has 0 spiro atoms. The van der Waals surface area contributed by atoms with Crippen LogP contribution in [0.3, 0.4) is 0 Å². The van der Waals surface area contributed by atoms with Crippen LogP contribution in [0.5, 0.6) is 0 Å². The summed E-state index contributed by atoms with van der Waals surface area (Å²) in [7, 11) is -1.36. The summed E-state index contributed by atoms with van der Waals surface area (Å²) in [6.45, 7) is 16.0. The minimum atomic E-state index is -1.36. The normalized spacial score (nSPS) is 11.6. The number of rotatable bonds is 8. The smallest absolute Gasteiger partial charge is 0.121 e. The van der Waals surface area contributed by atoms with Crippen LogP contribution in [-0.4, -0.2) is 27.6 Å². The number of imidazole rings is 1.